The Morgan fingerprint density at radius 3 is 2.30 bits per heavy atom. The smallest absolute Gasteiger partial charge is 0.237 e. The first kappa shape index (κ1) is 14.6. The van der Waals surface area contributed by atoms with Crippen molar-refractivity contribution in [2.24, 2.45) is 0 Å². The minimum Gasteiger partial charge on any atom is -0.325 e. The van der Waals surface area contributed by atoms with Crippen molar-refractivity contribution in [1.29, 1.82) is 0 Å². The van der Waals surface area contributed by atoms with Gasteiger partial charge in [-0.05, 0) is 50.2 Å². The Morgan fingerprint density at radius 1 is 1.10 bits per heavy atom. The van der Waals surface area contributed by atoms with Crippen LogP contribution in [0.1, 0.15) is 12.5 Å². The summed E-state index contributed by atoms with van der Waals surface area (Å²) in [4.78, 5) is 13.1. The summed E-state index contributed by atoms with van der Waals surface area (Å²) in [6.07, 6.45) is 0. The summed E-state index contributed by atoms with van der Waals surface area (Å²) in [7, 11) is 0. The fourth-order valence-electron chi connectivity index (χ4n) is 1.65. The van der Waals surface area contributed by atoms with Gasteiger partial charge in [-0.3, -0.25) is 4.79 Å². The normalized spacial score (nSPS) is 11.9. The summed E-state index contributed by atoms with van der Waals surface area (Å²) in [6, 6.07) is 13.8. The van der Waals surface area contributed by atoms with Crippen molar-refractivity contribution >= 4 is 23.4 Å². The Morgan fingerprint density at radius 2 is 1.70 bits per heavy atom. The van der Waals surface area contributed by atoms with Crippen LogP contribution in [0.2, 0.25) is 0 Å². The lowest BCUT2D eigenvalue weighted by molar-refractivity contribution is -0.115. The van der Waals surface area contributed by atoms with Crippen molar-refractivity contribution < 1.29 is 9.18 Å². The maximum Gasteiger partial charge on any atom is 0.237 e. The highest BCUT2D eigenvalue weighted by Crippen LogP contribution is 2.24. The quantitative estimate of drug-likeness (QED) is 0.852. The largest absolute Gasteiger partial charge is 0.325 e. The second-order valence-electron chi connectivity index (χ2n) is 4.57. The topological polar surface area (TPSA) is 29.1 Å². The molecule has 2 aromatic rings. The van der Waals surface area contributed by atoms with Crippen LogP contribution in [-0.4, -0.2) is 11.2 Å². The van der Waals surface area contributed by atoms with E-state index in [2.05, 4.69) is 5.32 Å². The van der Waals surface area contributed by atoms with Gasteiger partial charge in [0, 0.05) is 10.6 Å². The Kier molecular flexibility index (Phi) is 4.79. The fourth-order valence-corrected chi connectivity index (χ4v) is 2.52. The predicted octanol–water partition coefficient (Wildman–Crippen LogP) is 4.25. The minimum atomic E-state index is -0.315. The summed E-state index contributed by atoms with van der Waals surface area (Å²) < 4.78 is 12.8. The van der Waals surface area contributed by atoms with Gasteiger partial charge < -0.3 is 5.32 Å². The van der Waals surface area contributed by atoms with E-state index in [1.54, 1.807) is 12.1 Å². The van der Waals surface area contributed by atoms with E-state index in [1.807, 2.05) is 38.1 Å². The first-order valence-corrected chi connectivity index (χ1v) is 7.22. The summed E-state index contributed by atoms with van der Waals surface area (Å²) in [5.41, 5.74) is 1.80. The van der Waals surface area contributed by atoms with Gasteiger partial charge in [0.1, 0.15) is 5.82 Å². The summed E-state index contributed by atoms with van der Waals surface area (Å²) >= 11 is 1.50. The molecule has 0 radical (unpaired) electrons. The monoisotopic (exact) mass is 289 g/mol. The first-order valence-electron chi connectivity index (χ1n) is 6.34. The van der Waals surface area contributed by atoms with Gasteiger partial charge in [-0.1, -0.05) is 17.7 Å². The van der Waals surface area contributed by atoms with Crippen molar-refractivity contribution in [1.82, 2.24) is 0 Å². The van der Waals surface area contributed by atoms with Crippen LogP contribution in [0.25, 0.3) is 0 Å². The molecule has 4 heteroatoms. The molecule has 1 N–H and O–H groups in total. The van der Waals surface area contributed by atoms with Crippen molar-refractivity contribution in [3.63, 3.8) is 0 Å². The van der Waals surface area contributed by atoms with Gasteiger partial charge in [-0.25, -0.2) is 4.39 Å². The minimum absolute atomic E-state index is 0.0952. The lowest BCUT2D eigenvalue weighted by Gasteiger charge is -2.12. The van der Waals surface area contributed by atoms with E-state index in [1.165, 1.54) is 29.5 Å². The Bertz CT molecular complexity index is 580. The molecule has 0 fully saturated rings. The molecule has 0 unspecified atom stereocenters. The van der Waals surface area contributed by atoms with Crippen LogP contribution in [0.3, 0.4) is 0 Å². The SMILES string of the molecule is Cc1ccc(S[C@@H](C)C(=O)Nc2ccc(F)cc2)cc1. The lowest BCUT2D eigenvalue weighted by Crippen LogP contribution is -2.22. The maximum atomic E-state index is 12.8. The third-order valence-electron chi connectivity index (χ3n) is 2.81. The molecule has 2 rings (SSSR count). The number of anilines is 1. The molecule has 0 spiro atoms. The fraction of sp³-hybridized carbons (Fsp3) is 0.188. The third kappa shape index (κ3) is 4.10. The number of benzene rings is 2. The number of aryl methyl sites for hydroxylation is 1. The molecule has 0 aliphatic carbocycles. The van der Waals surface area contributed by atoms with E-state index in [9.17, 15) is 9.18 Å². The van der Waals surface area contributed by atoms with Crippen LogP contribution in [0, 0.1) is 12.7 Å². The van der Waals surface area contributed by atoms with Gasteiger partial charge in [0.15, 0.2) is 0 Å². The van der Waals surface area contributed by atoms with E-state index in [0.29, 0.717) is 5.69 Å². The highest BCUT2D eigenvalue weighted by Gasteiger charge is 2.14. The van der Waals surface area contributed by atoms with E-state index < -0.39 is 0 Å². The second kappa shape index (κ2) is 6.57. The number of halogens is 1. The number of carbonyl (C=O) groups excluding carboxylic acids is 1. The van der Waals surface area contributed by atoms with Crippen LogP contribution in [0.5, 0.6) is 0 Å². The summed E-state index contributed by atoms with van der Waals surface area (Å²) in [5.74, 6) is -0.410. The maximum absolute atomic E-state index is 12.8. The molecule has 0 saturated heterocycles. The Labute approximate surface area is 122 Å². The van der Waals surface area contributed by atoms with Gasteiger partial charge in [0.25, 0.3) is 0 Å². The van der Waals surface area contributed by atoms with E-state index in [4.69, 9.17) is 0 Å². The number of hydrogen-bond acceptors (Lipinski definition) is 2. The van der Waals surface area contributed by atoms with Gasteiger partial charge in [-0.2, -0.15) is 0 Å². The molecule has 0 aliphatic heterocycles. The average molecular weight is 289 g/mol. The number of hydrogen-bond donors (Lipinski definition) is 1. The molecular weight excluding hydrogens is 273 g/mol. The Hall–Kier alpha value is -1.81. The number of amides is 1. The standard InChI is InChI=1S/C16H16FNOS/c1-11-3-9-15(10-4-11)20-12(2)16(19)18-14-7-5-13(17)6-8-14/h3-10,12H,1-2H3,(H,18,19)/t12-/m0/s1. The molecule has 1 atom stereocenters. The highest BCUT2D eigenvalue weighted by molar-refractivity contribution is 8.00. The molecule has 104 valence electrons. The predicted molar refractivity (Wildman–Crippen MR) is 81.5 cm³/mol. The van der Waals surface area contributed by atoms with Crippen LogP contribution in [-0.2, 0) is 4.79 Å². The number of thioether (sulfide) groups is 1. The molecule has 2 aromatic carbocycles. The molecule has 2 nitrogen and oxygen atoms in total. The van der Waals surface area contributed by atoms with Crippen LogP contribution >= 0.6 is 11.8 Å². The van der Waals surface area contributed by atoms with Gasteiger partial charge >= 0.3 is 0 Å². The van der Waals surface area contributed by atoms with Crippen LogP contribution < -0.4 is 5.32 Å². The van der Waals surface area contributed by atoms with Crippen LogP contribution in [0.15, 0.2) is 53.4 Å². The van der Waals surface area contributed by atoms with E-state index >= 15 is 0 Å². The number of rotatable bonds is 4. The number of nitrogens with one attached hydrogen (secondary N) is 1. The zero-order chi connectivity index (χ0) is 14.5. The van der Waals surface area contributed by atoms with Gasteiger partial charge in [-0.15, -0.1) is 11.8 Å². The van der Waals surface area contributed by atoms with Gasteiger partial charge in [0.05, 0.1) is 5.25 Å². The lowest BCUT2D eigenvalue weighted by atomic mass is 10.2. The summed E-state index contributed by atoms with van der Waals surface area (Å²) in [5, 5.41) is 2.55. The summed E-state index contributed by atoms with van der Waals surface area (Å²) in [6.45, 7) is 3.88. The van der Waals surface area contributed by atoms with Crippen molar-refractivity contribution in [2.45, 2.75) is 24.0 Å². The van der Waals surface area contributed by atoms with E-state index in [0.717, 1.165) is 4.90 Å². The van der Waals surface area contributed by atoms with Crippen molar-refractivity contribution in [2.75, 3.05) is 5.32 Å². The Balaban J connectivity index is 1.94. The zero-order valence-corrected chi connectivity index (χ0v) is 12.2. The van der Waals surface area contributed by atoms with Crippen molar-refractivity contribution in [3.8, 4) is 0 Å². The average Bonchev–Trinajstić information content (AvgIpc) is 2.44. The van der Waals surface area contributed by atoms with E-state index in [-0.39, 0.29) is 17.0 Å². The number of carbonyl (C=O) groups is 1. The zero-order valence-electron chi connectivity index (χ0n) is 11.4. The van der Waals surface area contributed by atoms with Crippen LogP contribution in [0.4, 0.5) is 10.1 Å². The molecular formula is C16H16FNOS. The molecule has 0 bridgehead atoms. The molecule has 1 amide bonds. The molecule has 0 saturated carbocycles. The molecule has 0 aliphatic rings. The second-order valence-corrected chi connectivity index (χ2v) is 5.98. The first-order chi connectivity index (χ1) is 9.54. The molecule has 0 heterocycles. The third-order valence-corrected chi connectivity index (χ3v) is 3.93. The van der Waals surface area contributed by atoms with Gasteiger partial charge in [0.2, 0.25) is 5.91 Å². The highest BCUT2D eigenvalue weighted by atomic mass is 32.2. The van der Waals surface area contributed by atoms with Crippen molar-refractivity contribution in [3.05, 3.63) is 59.9 Å². The molecule has 0 aromatic heterocycles. The molecule has 20 heavy (non-hydrogen) atoms.